The number of carbonyl (C=O) groups is 2. The Morgan fingerprint density at radius 3 is 2.50 bits per heavy atom. The van der Waals surface area contributed by atoms with Crippen LogP contribution in [0.4, 0.5) is 4.79 Å². The van der Waals surface area contributed by atoms with E-state index in [1.807, 2.05) is 30.3 Å². The molecule has 2 aromatic rings. The van der Waals surface area contributed by atoms with Crippen LogP contribution in [0.2, 0.25) is 0 Å². The number of nitrogens with zero attached hydrogens (tertiary/aromatic N) is 4. The highest BCUT2D eigenvalue weighted by Gasteiger charge is 2.24. The van der Waals surface area contributed by atoms with E-state index in [1.54, 1.807) is 16.6 Å². The number of benzene rings is 1. The van der Waals surface area contributed by atoms with Gasteiger partial charge in [0.15, 0.2) is 0 Å². The molecule has 0 radical (unpaired) electrons. The van der Waals surface area contributed by atoms with Crippen LogP contribution in [0.15, 0.2) is 36.5 Å². The number of hydrogen-bond donors (Lipinski definition) is 1. The second-order valence-corrected chi connectivity index (χ2v) is 6.24. The van der Waals surface area contributed by atoms with Gasteiger partial charge in [-0.15, -0.1) is 0 Å². The fourth-order valence-electron chi connectivity index (χ4n) is 2.94. The van der Waals surface area contributed by atoms with Crippen molar-refractivity contribution in [3.63, 3.8) is 0 Å². The second kappa shape index (κ2) is 8.01. The molecule has 2 heterocycles. The lowest BCUT2D eigenvalue weighted by Gasteiger charge is -2.34. The van der Waals surface area contributed by atoms with Gasteiger partial charge in [-0.3, -0.25) is 9.58 Å². The van der Waals surface area contributed by atoms with Gasteiger partial charge in [-0.25, -0.2) is 9.59 Å². The number of amides is 1. The van der Waals surface area contributed by atoms with Crippen LogP contribution < -0.4 is 0 Å². The van der Waals surface area contributed by atoms with Gasteiger partial charge >= 0.3 is 12.1 Å². The Kier molecular flexibility index (Phi) is 5.52. The second-order valence-electron chi connectivity index (χ2n) is 6.24. The third kappa shape index (κ3) is 4.20. The molecule has 0 atom stereocenters. The molecule has 3 rings (SSSR count). The van der Waals surface area contributed by atoms with Crippen molar-refractivity contribution in [2.24, 2.45) is 7.05 Å². The topological polar surface area (TPSA) is 87.9 Å². The SMILES string of the molecule is Cn1ncc(C(=O)O)c1CN1CCN(C(=O)OCc2ccccc2)CC1. The number of aryl methyl sites for hydroxylation is 1. The first kappa shape index (κ1) is 17.9. The minimum absolute atomic E-state index is 0.220. The van der Waals surface area contributed by atoms with Crippen molar-refractivity contribution >= 4 is 12.1 Å². The van der Waals surface area contributed by atoms with E-state index in [9.17, 15) is 14.7 Å². The first-order valence-corrected chi connectivity index (χ1v) is 8.46. The van der Waals surface area contributed by atoms with Crippen LogP contribution in [0.5, 0.6) is 0 Å². The van der Waals surface area contributed by atoms with Gasteiger partial charge in [0.1, 0.15) is 12.2 Å². The van der Waals surface area contributed by atoms with Gasteiger partial charge in [-0.2, -0.15) is 5.10 Å². The zero-order valence-electron chi connectivity index (χ0n) is 14.7. The summed E-state index contributed by atoms with van der Waals surface area (Å²) in [4.78, 5) is 27.2. The number of aromatic nitrogens is 2. The van der Waals surface area contributed by atoms with E-state index in [0.29, 0.717) is 38.4 Å². The average molecular weight is 358 g/mol. The van der Waals surface area contributed by atoms with Crippen LogP contribution >= 0.6 is 0 Å². The molecular weight excluding hydrogens is 336 g/mol. The average Bonchev–Trinajstić information content (AvgIpc) is 3.02. The number of rotatable bonds is 5. The lowest BCUT2D eigenvalue weighted by molar-refractivity contribution is 0.0678. The van der Waals surface area contributed by atoms with E-state index < -0.39 is 5.97 Å². The standard InChI is InChI=1S/C18H22N4O4/c1-20-16(15(11-19-20)17(23)24)12-21-7-9-22(10-8-21)18(25)26-13-14-5-3-2-4-6-14/h2-6,11H,7-10,12-13H2,1H3,(H,23,24). The Bertz CT molecular complexity index is 767. The van der Waals surface area contributed by atoms with Crippen molar-refractivity contribution in [1.82, 2.24) is 19.6 Å². The van der Waals surface area contributed by atoms with Crippen LogP contribution in [0.1, 0.15) is 21.6 Å². The summed E-state index contributed by atoms with van der Waals surface area (Å²) in [5.74, 6) is -0.976. The maximum Gasteiger partial charge on any atom is 0.410 e. The summed E-state index contributed by atoms with van der Waals surface area (Å²) in [6, 6.07) is 9.57. The van der Waals surface area contributed by atoms with Gasteiger partial charge in [-0.1, -0.05) is 30.3 Å². The summed E-state index contributed by atoms with van der Waals surface area (Å²) in [5, 5.41) is 13.3. The summed E-state index contributed by atoms with van der Waals surface area (Å²) in [6.07, 6.45) is 1.05. The van der Waals surface area contributed by atoms with E-state index >= 15 is 0 Å². The molecule has 1 fully saturated rings. The minimum atomic E-state index is -0.976. The Morgan fingerprint density at radius 1 is 1.15 bits per heavy atom. The number of ether oxygens (including phenoxy) is 1. The minimum Gasteiger partial charge on any atom is -0.478 e. The predicted octanol–water partition coefficient (Wildman–Crippen LogP) is 1.57. The largest absolute Gasteiger partial charge is 0.478 e. The Morgan fingerprint density at radius 2 is 1.85 bits per heavy atom. The van der Waals surface area contributed by atoms with E-state index in [-0.39, 0.29) is 18.3 Å². The van der Waals surface area contributed by atoms with E-state index in [1.165, 1.54) is 6.20 Å². The van der Waals surface area contributed by atoms with Gasteiger partial charge < -0.3 is 14.7 Å². The van der Waals surface area contributed by atoms with Crippen molar-refractivity contribution in [3.8, 4) is 0 Å². The van der Waals surface area contributed by atoms with E-state index in [2.05, 4.69) is 10.00 Å². The zero-order valence-corrected chi connectivity index (χ0v) is 14.7. The molecule has 26 heavy (non-hydrogen) atoms. The Balaban J connectivity index is 1.49. The van der Waals surface area contributed by atoms with Gasteiger partial charge in [-0.05, 0) is 5.56 Å². The van der Waals surface area contributed by atoms with Crippen LogP contribution in [0, 0.1) is 0 Å². The highest BCUT2D eigenvalue weighted by molar-refractivity contribution is 5.88. The third-order valence-corrected chi connectivity index (χ3v) is 4.50. The molecule has 1 aromatic heterocycles. The fourth-order valence-corrected chi connectivity index (χ4v) is 2.94. The molecule has 0 unspecified atom stereocenters. The first-order chi connectivity index (χ1) is 12.5. The lowest BCUT2D eigenvalue weighted by atomic mass is 10.2. The molecule has 1 aromatic carbocycles. The smallest absolute Gasteiger partial charge is 0.410 e. The Hall–Kier alpha value is -2.87. The molecule has 1 saturated heterocycles. The van der Waals surface area contributed by atoms with Crippen molar-refractivity contribution in [2.45, 2.75) is 13.2 Å². The molecule has 0 bridgehead atoms. The molecule has 8 heteroatoms. The van der Waals surface area contributed by atoms with Crippen molar-refractivity contribution in [3.05, 3.63) is 53.3 Å². The van der Waals surface area contributed by atoms with Gasteiger partial charge in [0, 0.05) is 39.8 Å². The highest BCUT2D eigenvalue weighted by Crippen LogP contribution is 2.14. The first-order valence-electron chi connectivity index (χ1n) is 8.46. The summed E-state index contributed by atoms with van der Waals surface area (Å²) < 4.78 is 6.94. The van der Waals surface area contributed by atoms with E-state index in [4.69, 9.17) is 4.74 Å². The molecule has 0 saturated carbocycles. The van der Waals surface area contributed by atoms with Gasteiger partial charge in [0.25, 0.3) is 0 Å². The fraction of sp³-hybridized carbons (Fsp3) is 0.389. The predicted molar refractivity (Wildman–Crippen MR) is 93.6 cm³/mol. The number of carbonyl (C=O) groups excluding carboxylic acids is 1. The van der Waals surface area contributed by atoms with Gasteiger partial charge in [0.05, 0.1) is 11.9 Å². The molecular formula is C18H22N4O4. The van der Waals surface area contributed by atoms with Crippen LogP contribution in [-0.4, -0.2) is 62.9 Å². The third-order valence-electron chi connectivity index (χ3n) is 4.50. The highest BCUT2D eigenvalue weighted by atomic mass is 16.6. The Labute approximate surface area is 151 Å². The van der Waals surface area contributed by atoms with E-state index in [0.717, 1.165) is 5.56 Å². The molecule has 0 spiro atoms. The molecule has 138 valence electrons. The summed E-state index contributed by atoms with van der Waals surface area (Å²) in [5.41, 5.74) is 1.84. The summed E-state index contributed by atoms with van der Waals surface area (Å²) >= 11 is 0. The number of aromatic carboxylic acids is 1. The maximum absolute atomic E-state index is 12.2. The number of piperazine rings is 1. The molecule has 8 nitrogen and oxygen atoms in total. The zero-order chi connectivity index (χ0) is 18.5. The molecule has 1 aliphatic rings. The van der Waals surface area contributed by atoms with Crippen molar-refractivity contribution < 1.29 is 19.4 Å². The van der Waals surface area contributed by atoms with Crippen molar-refractivity contribution in [1.29, 1.82) is 0 Å². The summed E-state index contributed by atoms with van der Waals surface area (Å²) in [6.45, 7) is 3.17. The quantitative estimate of drug-likeness (QED) is 0.873. The molecule has 1 aliphatic heterocycles. The molecule has 0 aliphatic carbocycles. The lowest BCUT2D eigenvalue weighted by Crippen LogP contribution is -2.48. The number of carboxylic acid groups (broad SMARTS) is 1. The van der Waals surface area contributed by atoms with Crippen molar-refractivity contribution in [2.75, 3.05) is 26.2 Å². The monoisotopic (exact) mass is 358 g/mol. The van der Waals surface area contributed by atoms with Gasteiger partial charge in [0.2, 0.25) is 0 Å². The van der Waals surface area contributed by atoms with Crippen LogP contribution in [0.3, 0.4) is 0 Å². The number of carboxylic acids is 1. The molecule has 1 N–H and O–H groups in total. The van der Waals surface area contributed by atoms with Crippen LogP contribution in [-0.2, 0) is 24.9 Å². The number of hydrogen-bond acceptors (Lipinski definition) is 5. The molecule has 1 amide bonds. The maximum atomic E-state index is 12.2. The normalized spacial score (nSPS) is 15.0. The van der Waals surface area contributed by atoms with Crippen LogP contribution in [0.25, 0.3) is 0 Å². The summed E-state index contributed by atoms with van der Waals surface area (Å²) in [7, 11) is 1.74.